The first-order valence-electron chi connectivity index (χ1n) is 9.87. The Labute approximate surface area is 175 Å². The van der Waals surface area contributed by atoms with E-state index in [1.165, 1.54) is 4.90 Å². The summed E-state index contributed by atoms with van der Waals surface area (Å²) in [6.45, 7) is 1.44. The average molecular weight is 410 g/mol. The second-order valence-electron chi connectivity index (χ2n) is 6.96. The van der Waals surface area contributed by atoms with Gasteiger partial charge < -0.3 is 25.2 Å². The fraction of sp³-hybridized carbons (Fsp3) is 0.304. The van der Waals surface area contributed by atoms with E-state index in [1.54, 1.807) is 55.6 Å². The van der Waals surface area contributed by atoms with Crippen LogP contribution in [0, 0.1) is 0 Å². The highest BCUT2D eigenvalue weighted by molar-refractivity contribution is 6.46. The van der Waals surface area contributed by atoms with Crippen LogP contribution in [0.5, 0.6) is 5.75 Å². The van der Waals surface area contributed by atoms with Crippen molar-refractivity contribution in [3.8, 4) is 5.75 Å². The number of aliphatic hydroxyl groups excluding tert-OH is 2. The summed E-state index contributed by atoms with van der Waals surface area (Å²) in [6, 6.07) is 15.2. The van der Waals surface area contributed by atoms with Crippen molar-refractivity contribution in [3.05, 3.63) is 71.3 Å². The topological polar surface area (TPSA) is 99.1 Å². The molecule has 0 aliphatic carbocycles. The predicted octanol–water partition coefficient (Wildman–Crippen LogP) is 2.09. The van der Waals surface area contributed by atoms with E-state index in [1.807, 2.05) is 6.07 Å². The Morgan fingerprint density at radius 1 is 1.07 bits per heavy atom. The Morgan fingerprint density at radius 3 is 2.40 bits per heavy atom. The van der Waals surface area contributed by atoms with Crippen LogP contribution in [-0.2, 0) is 9.59 Å². The summed E-state index contributed by atoms with van der Waals surface area (Å²) in [5.74, 6) is -0.849. The highest BCUT2D eigenvalue weighted by Gasteiger charge is 2.45. The summed E-state index contributed by atoms with van der Waals surface area (Å²) >= 11 is 0. The molecule has 1 heterocycles. The van der Waals surface area contributed by atoms with Crippen LogP contribution in [0.15, 0.2) is 60.2 Å². The number of rotatable bonds is 9. The minimum absolute atomic E-state index is 0.0352. The zero-order valence-corrected chi connectivity index (χ0v) is 16.9. The molecule has 0 saturated carbocycles. The predicted molar refractivity (Wildman–Crippen MR) is 113 cm³/mol. The summed E-state index contributed by atoms with van der Waals surface area (Å²) < 4.78 is 5.21. The first kappa shape index (κ1) is 21.5. The number of Topliss-reactive ketones (excluding diaryl/α,β-unsaturated/α-hetero) is 1. The SMILES string of the molecule is COc1ccc(C2C(=C(O)c3ccccc3)C(=O)C(=O)N2CCCNCCO)cc1. The zero-order chi connectivity index (χ0) is 21.5. The fourth-order valence-corrected chi connectivity index (χ4v) is 3.57. The second kappa shape index (κ2) is 10.0. The standard InChI is InChI=1S/C23H26N2O5/c1-30-18-10-8-16(9-11-18)20-19(21(27)17-6-3-2-4-7-17)22(28)23(29)25(20)14-5-12-24-13-15-26/h2-4,6-11,20,24,26-27H,5,12-15H2,1H3. The molecule has 3 rings (SSSR count). The van der Waals surface area contributed by atoms with E-state index in [2.05, 4.69) is 5.32 Å². The third kappa shape index (κ3) is 4.53. The highest BCUT2D eigenvalue weighted by atomic mass is 16.5. The van der Waals surface area contributed by atoms with E-state index in [-0.39, 0.29) is 17.9 Å². The van der Waals surface area contributed by atoms with Crippen molar-refractivity contribution in [1.82, 2.24) is 10.2 Å². The largest absolute Gasteiger partial charge is 0.507 e. The van der Waals surface area contributed by atoms with Gasteiger partial charge in [-0.3, -0.25) is 9.59 Å². The van der Waals surface area contributed by atoms with Gasteiger partial charge in [0.15, 0.2) is 0 Å². The average Bonchev–Trinajstić information content (AvgIpc) is 3.04. The molecule has 1 saturated heterocycles. The third-order valence-corrected chi connectivity index (χ3v) is 5.06. The molecular formula is C23H26N2O5. The van der Waals surface area contributed by atoms with Gasteiger partial charge in [-0.1, -0.05) is 42.5 Å². The van der Waals surface area contributed by atoms with Crippen molar-refractivity contribution in [2.24, 2.45) is 0 Å². The third-order valence-electron chi connectivity index (χ3n) is 5.06. The number of carbonyl (C=O) groups excluding carboxylic acids is 2. The molecule has 3 N–H and O–H groups in total. The summed E-state index contributed by atoms with van der Waals surface area (Å²) in [7, 11) is 1.57. The maximum atomic E-state index is 12.9. The number of amides is 1. The number of aliphatic hydroxyl groups is 2. The molecule has 0 spiro atoms. The van der Waals surface area contributed by atoms with Crippen LogP contribution < -0.4 is 10.1 Å². The van der Waals surface area contributed by atoms with Crippen LogP contribution >= 0.6 is 0 Å². The van der Waals surface area contributed by atoms with Crippen LogP contribution in [0.2, 0.25) is 0 Å². The van der Waals surface area contributed by atoms with Gasteiger partial charge >= 0.3 is 0 Å². The number of likely N-dealkylation sites (tertiary alicyclic amines) is 1. The number of hydrogen-bond donors (Lipinski definition) is 3. The minimum atomic E-state index is -0.694. The summed E-state index contributed by atoms with van der Waals surface area (Å²) in [6.07, 6.45) is 0.602. The monoisotopic (exact) mass is 410 g/mol. The van der Waals surface area contributed by atoms with E-state index in [0.717, 1.165) is 5.56 Å². The molecule has 1 amide bonds. The van der Waals surface area contributed by atoms with E-state index < -0.39 is 17.7 Å². The minimum Gasteiger partial charge on any atom is -0.507 e. The maximum absolute atomic E-state index is 12.9. The van der Waals surface area contributed by atoms with Crippen molar-refractivity contribution in [3.63, 3.8) is 0 Å². The lowest BCUT2D eigenvalue weighted by atomic mass is 9.95. The molecule has 1 fully saturated rings. The number of nitrogens with one attached hydrogen (secondary N) is 1. The molecule has 0 radical (unpaired) electrons. The normalized spacial score (nSPS) is 18.1. The van der Waals surface area contributed by atoms with E-state index >= 15 is 0 Å². The number of nitrogens with zero attached hydrogens (tertiary/aromatic N) is 1. The molecule has 30 heavy (non-hydrogen) atoms. The number of ether oxygens (including phenoxy) is 1. The molecule has 0 bridgehead atoms. The van der Waals surface area contributed by atoms with Gasteiger partial charge in [0.1, 0.15) is 11.5 Å². The molecule has 1 atom stereocenters. The summed E-state index contributed by atoms with van der Waals surface area (Å²) in [4.78, 5) is 27.2. The smallest absolute Gasteiger partial charge is 0.295 e. The molecule has 2 aromatic rings. The molecule has 1 unspecified atom stereocenters. The van der Waals surface area contributed by atoms with Crippen molar-refractivity contribution in [1.29, 1.82) is 0 Å². The first-order valence-corrected chi connectivity index (χ1v) is 9.87. The van der Waals surface area contributed by atoms with Gasteiger partial charge in [-0.2, -0.15) is 0 Å². The van der Waals surface area contributed by atoms with Crippen LogP contribution in [-0.4, -0.2) is 60.2 Å². The van der Waals surface area contributed by atoms with Crippen LogP contribution in [0.4, 0.5) is 0 Å². The molecular weight excluding hydrogens is 384 g/mol. The van der Waals surface area contributed by atoms with Gasteiger partial charge in [-0.05, 0) is 30.7 Å². The van der Waals surface area contributed by atoms with Crippen molar-refractivity contribution in [2.75, 3.05) is 33.4 Å². The van der Waals surface area contributed by atoms with E-state index in [9.17, 15) is 14.7 Å². The number of ketones is 1. The first-order chi connectivity index (χ1) is 14.6. The van der Waals surface area contributed by atoms with E-state index in [0.29, 0.717) is 37.4 Å². The maximum Gasteiger partial charge on any atom is 0.295 e. The molecule has 7 nitrogen and oxygen atoms in total. The molecule has 158 valence electrons. The van der Waals surface area contributed by atoms with Gasteiger partial charge in [0.25, 0.3) is 11.7 Å². The van der Waals surface area contributed by atoms with Gasteiger partial charge in [-0.15, -0.1) is 0 Å². The Balaban J connectivity index is 1.99. The Hall–Kier alpha value is -3.16. The molecule has 2 aromatic carbocycles. The van der Waals surface area contributed by atoms with Crippen LogP contribution in [0.1, 0.15) is 23.6 Å². The molecule has 0 aromatic heterocycles. The van der Waals surface area contributed by atoms with E-state index in [4.69, 9.17) is 9.84 Å². The fourth-order valence-electron chi connectivity index (χ4n) is 3.57. The quantitative estimate of drug-likeness (QED) is 0.253. The Kier molecular flexibility index (Phi) is 7.21. The van der Waals surface area contributed by atoms with Crippen LogP contribution in [0.3, 0.4) is 0 Å². The van der Waals surface area contributed by atoms with Gasteiger partial charge in [0.05, 0.1) is 25.3 Å². The Morgan fingerprint density at radius 2 is 1.77 bits per heavy atom. The summed E-state index contributed by atoms with van der Waals surface area (Å²) in [5.41, 5.74) is 1.29. The van der Waals surface area contributed by atoms with Gasteiger partial charge in [-0.25, -0.2) is 0 Å². The molecule has 1 aliphatic heterocycles. The van der Waals surface area contributed by atoms with Crippen molar-refractivity contribution < 1.29 is 24.5 Å². The zero-order valence-electron chi connectivity index (χ0n) is 16.9. The van der Waals surface area contributed by atoms with Crippen molar-refractivity contribution >= 4 is 17.4 Å². The number of hydrogen-bond acceptors (Lipinski definition) is 6. The number of benzene rings is 2. The van der Waals surface area contributed by atoms with Crippen LogP contribution in [0.25, 0.3) is 5.76 Å². The van der Waals surface area contributed by atoms with Gasteiger partial charge in [0.2, 0.25) is 0 Å². The lowest BCUT2D eigenvalue weighted by Crippen LogP contribution is -2.32. The summed E-state index contributed by atoms with van der Waals surface area (Å²) in [5, 5.41) is 22.9. The lowest BCUT2D eigenvalue weighted by Gasteiger charge is -2.25. The second-order valence-corrected chi connectivity index (χ2v) is 6.96. The van der Waals surface area contributed by atoms with Gasteiger partial charge in [0, 0.05) is 18.7 Å². The van der Waals surface area contributed by atoms with Crippen molar-refractivity contribution in [2.45, 2.75) is 12.5 Å². The highest BCUT2D eigenvalue weighted by Crippen LogP contribution is 2.39. The number of methoxy groups -OCH3 is 1. The number of carbonyl (C=O) groups is 2. The Bertz CT molecular complexity index is 909. The lowest BCUT2D eigenvalue weighted by molar-refractivity contribution is -0.139. The molecule has 1 aliphatic rings. The molecule has 7 heteroatoms.